The predicted octanol–water partition coefficient (Wildman–Crippen LogP) is 1.45. The van der Waals surface area contributed by atoms with E-state index < -0.39 is 0 Å². The number of carbonyl (C=O) groups is 1. The first-order chi connectivity index (χ1) is 7.24. The van der Waals surface area contributed by atoms with Crippen LogP contribution in [-0.2, 0) is 0 Å². The average Bonchev–Trinajstić information content (AvgIpc) is 2.64. The number of furan rings is 1. The molecule has 4 nitrogen and oxygen atoms in total. The molecule has 1 aromatic heterocycles. The Morgan fingerprint density at radius 3 is 2.87 bits per heavy atom. The highest BCUT2D eigenvalue weighted by atomic mass is 16.3. The third-order valence-electron chi connectivity index (χ3n) is 2.16. The van der Waals surface area contributed by atoms with E-state index in [0.717, 1.165) is 31.6 Å². The molecule has 1 amide bonds. The molecule has 84 valence electrons. The van der Waals surface area contributed by atoms with Gasteiger partial charge in [0.1, 0.15) is 12.0 Å². The molecule has 0 bridgehead atoms. The molecule has 0 aliphatic heterocycles. The van der Waals surface area contributed by atoms with Gasteiger partial charge in [-0.3, -0.25) is 4.79 Å². The van der Waals surface area contributed by atoms with E-state index in [-0.39, 0.29) is 5.91 Å². The summed E-state index contributed by atoms with van der Waals surface area (Å²) in [6, 6.07) is 1.73. The van der Waals surface area contributed by atoms with E-state index in [0.29, 0.717) is 12.1 Å². The topological polar surface area (TPSA) is 68.3 Å². The summed E-state index contributed by atoms with van der Waals surface area (Å²) in [6.07, 6.45) is 4.52. The maximum absolute atomic E-state index is 11.5. The lowest BCUT2D eigenvalue weighted by atomic mass is 10.2. The second-order valence-corrected chi connectivity index (χ2v) is 3.55. The average molecular weight is 210 g/mol. The summed E-state index contributed by atoms with van der Waals surface area (Å²) in [5.41, 5.74) is 5.95. The Morgan fingerprint density at radius 2 is 2.27 bits per heavy atom. The van der Waals surface area contributed by atoms with Gasteiger partial charge in [0.25, 0.3) is 5.91 Å². The van der Waals surface area contributed by atoms with Crippen molar-refractivity contribution in [1.29, 1.82) is 0 Å². The normalized spacial score (nSPS) is 10.3. The third-order valence-corrected chi connectivity index (χ3v) is 2.16. The van der Waals surface area contributed by atoms with Crippen LogP contribution in [0.5, 0.6) is 0 Å². The molecule has 0 saturated carbocycles. The van der Waals surface area contributed by atoms with Gasteiger partial charge in [-0.15, -0.1) is 0 Å². The van der Waals surface area contributed by atoms with E-state index >= 15 is 0 Å². The van der Waals surface area contributed by atoms with Gasteiger partial charge in [-0.2, -0.15) is 0 Å². The van der Waals surface area contributed by atoms with Crippen LogP contribution < -0.4 is 11.1 Å². The van der Waals surface area contributed by atoms with E-state index in [1.54, 1.807) is 6.07 Å². The summed E-state index contributed by atoms with van der Waals surface area (Å²) >= 11 is 0. The van der Waals surface area contributed by atoms with E-state index in [1.807, 2.05) is 6.92 Å². The highest BCUT2D eigenvalue weighted by Crippen LogP contribution is 2.05. The van der Waals surface area contributed by atoms with Crippen LogP contribution in [0.4, 0.5) is 0 Å². The van der Waals surface area contributed by atoms with Crippen molar-refractivity contribution in [3.8, 4) is 0 Å². The molecule has 0 saturated heterocycles. The lowest BCUT2D eigenvalue weighted by molar-refractivity contribution is 0.0952. The lowest BCUT2D eigenvalue weighted by Gasteiger charge is -2.02. The second-order valence-electron chi connectivity index (χ2n) is 3.55. The number of hydrogen-bond acceptors (Lipinski definition) is 3. The minimum atomic E-state index is -0.0698. The molecule has 4 heteroatoms. The van der Waals surface area contributed by atoms with Crippen LogP contribution >= 0.6 is 0 Å². The van der Waals surface area contributed by atoms with Crippen LogP contribution in [0.3, 0.4) is 0 Å². The number of nitrogens with one attached hydrogen (secondary N) is 1. The van der Waals surface area contributed by atoms with Crippen LogP contribution in [0.2, 0.25) is 0 Å². The van der Waals surface area contributed by atoms with E-state index in [1.165, 1.54) is 6.26 Å². The van der Waals surface area contributed by atoms with Crippen molar-refractivity contribution in [2.45, 2.75) is 26.2 Å². The van der Waals surface area contributed by atoms with Gasteiger partial charge in [0.2, 0.25) is 0 Å². The number of carbonyl (C=O) groups excluding carboxylic acids is 1. The number of unbranched alkanes of at least 4 members (excludes halogenated alkanes) is 2. The van der Waals surface area contributed by atoms with Crippen LogP contribution in [-0.4, -0.2) is 19.0 Å². The first-order valence-corrected chi connectivity index (χ1v) is 5.27. The van der Waals surface area contributed by atoms with Crippen LogP contribution in [0.25, 0.3) is 0 Å². The molecule has 1 aromatic rings. The molecule has 0 spiro atoms. The van der Waals surface area contributed by atoms with Crippen molar-refractivity contribution < 1.29 is 9.21 Å². The molecular formula is C11H18N2O2. The summed E-state index contributed by atoms with van der Waals surface area (Å²) < 4.78 is 5.05. The number of rotatable bonds is 6. The quantitative estimate of drug-likeness (QED) is 0.698. The molecule has 15 heavy (non-hydrogen) atoms. The number of hydrogen-bond donors (Lipinski definition) is 2. The lowest BCUT2D eigenvalue weighted by Crippen LogP contribution is -2.24. The molecule has 1 heterocycles. The molecular weight excluding hydrogens is 192 g/mol. The zero-order valence-electron chi connectivity index (χ0n) is 9.08. The van der Waals surface area contributed by atoms with Gasteiger partial charge in [0, 0.05) is 6.54 Å². The minimum absolute atomic E-state index is 0.0698. The Balaban J connectivity index is 2.19. The minimum Gasteiger partial charge on any atom is -0.469 e. The summed E-state index contributed by atoms with van der Waals surface area (Å²) in [7, 11) is 0. The first kappa shape index (κ1) is 11.8. The fourth-order valence-electron chi connectivity index (χ4n) is 1.31. The summed E-state index contributed by atoms with van der Waals surface area (Å²) in [6.45, 7) is 3.23. The molecule has 0 atom stereocenters. The Labute approximate surface area is 89.8 Å². The third kappa shape index (κ3) is 4.16. The fourth-order valence-corrected chi connectivity index (χ4v) is 1.31. The Hall–Kier alpha value is -1.29. The van der Waals surface area contributed by atoms with Crippen molar-refractivity contribution in [1.82, 2.24) is 5.32 Å². The Kier molecular flexibility index (Phi) is 4.90. The van der Waals surface area contributed by atoms with Gasteiger partial charge in [0.15, 0.2) is 0 Å². The molecule has 0 radical (unpaired) electrons. The van der Waals surface area contributed by atoms with Crippen LogP contribution in [0.15, 0.2) is 16.7 Å². The summed E-state index contributed by atoms with van der Waals surface area (Å²) in [4.78, 5) is 11.5. The number of nitrogens with two attached hydrogens (primary N) is 1. The van der Waals surface area contributed by atoms with E-state index in [9.17, 15) is 4.79 Å². The van der Waals surface area contributed by atoms with Crippen molar-refractivity contribution in [3.63, 3.8) is 0 Å². The molecule has 1 rings (SSSR count). The highest BCUT2D eigenvalue weighted by Gasteiger charge is 2.06. The summed E-state index contributed by atoms with van der Waals surface area (Å²) in [5.74, 6) is 0.683. The van der Waals surface area contributed by atoms with Gasteiger partial charge in [0.05, 0.1) is 5.56 Å². The largest absolute Gasteiger partial charge is 0.469 e. The standard InChI is InChI=1S/C11H18N2O2/c1-9-7-10(8-15-9)11(14)13-6-4-2-3-5-12/h7-8H,2-6,12H2,1H3,(H,13,14). The molecule has 0 unspecified atom stereocenters. The van der Waals surface area contributed by atoms with Crippen molar-refractivity contribution in [2.24, 2.45) is 5.73 Å². The van der Waals surface area contributed by atoms with Crippen molar-refractivity contribution in [2.75, 3.05) is 13.1 Å². The zero-order valence-corrected chi connectivity index (χ0v) is 9.08. The maximum atomic E-state index is 11.5. The fraction of sp³-hybridized carbons (Fsp3) is 0.545. The molecule has 0 aliphatic carbocycles. The van der Waals surface area contributed by atoms with Gasteiger partial charge < -0.3 is 15.5 Å². The van der Waals surface area contributed by atoms with Gasteiger partial charge in [-0.1, -0.05) is 6.42 Å². The van der Waals surface area contributed by atoms with Crippen LogP contribution in [0.1, 0.15) is 35.4 Å². The second kappa shape index (κ2) is 6.24. The summed E-state index contributed by atoms with van der Waals surface area (Å²) in [5, 5.41) is 2.83. The Bertz CT molecular complexity index is 307. The maximum Gasteiger partial charge on any atom is 0.254 e. The SMILES string of the molecule is Cc1cc(C(=O)NCCCCCN)co1. The molecule has 0 fully saturated rings. The molecule has 0 aromatic carbocycles. The van der Waals surface area contributed by atoms with Gasteiger partial charge in [-0.25, -0.2) is 0 Å². The monoisotopic (exact) mass is 210 g/mol. The van der Waals surface area contributed by atoms with E-state index in [2.05, 4.69) is 5.32 Å². The van der Waals surface area contributed by atoms with Crippen LogP contribution in [0, 0.1) is 6.92 Å². The zero-order chi connectivity index (χ0) is 11.1. The predicted molar refractivity (Wildman–Crippen MR) is 58.7 cm³/mol. The van der Waals surface area contributed by atoms with Crippen molar-refractivity contribution in [3.05, 3.63) is 23.7 Å². The molecule has 0 aliphatic rings. The number of amides is 1. The van der Waals surface area contributed by atoms with Gasteiger partial charge >= 0.3 is 0 Å². The smallest absolute Gasteiger partial charge is 0.254 e. The number of aryl methyl sites for hydroxylation is 1. The first-order valence-electron chi connectivity index (χ1n) is 5.27. The highest BCUT2D eigenvalue weighted by molar-refractivity contribution is 5.93. The van der Waals surface area contributed by atoms with Crippen molar-refractivity contribution >= 4 is 5.91 Å². The van der Waals surface area contributed by atoms with E-state index in [4.69, 9.17) is 10.2 Å². The van der Waals surface area contributed by atoms with Gasteiger partial charge in [-0.05, 0) is 32.4 Å². The Morgan fingerprint density at radius 1 is 1.47 bits per heavy atom. The molecule has 3 N–H and O–H groups in total.